The van der Waals surface area contributed by atoms with E-state index in [4.69, 9.17) is 0 Å². The average molecular weight is 641 g/mol. The molecule has 0 aliphatic heterocycles. The lowest BCUT2D eigenvalue weighted by molar-refractivity contribution is 0.827. The minimum absolute atomic E-state index is 0.930. The lowest BCUT2D eigenvalue weighted by Crippen LogP contribution is -2.09. The smallest absolute Gasteiger partial charge is 0.0497 e. The molecule has 0 aliphatic rings. The van der Waals surface area contributed by atoms with Gasteiger partial charge in [-0.1, -0.05) is 140 Å². The summed E-state index contributed by atoms with van der Waals surface area (Å²) in [6, 6.07) is 68.2. The van der Waals surface area contributed by atoms with Crippen molar-refractivity contribution >= 4 is 49.6 Å². The standard InChI is InChI=1S/C48H36N2/c1-2-49-46-23-9-8-20-45(46)48-44(22-12-24-47(48)49)38-15-10-18-41(33-38)50(39-16-4-3-5-17-39)40-31-29-35(30-32-40)34-25-27-37(28-26-34)43-21-11-14-36-13-6-7-19-42(36)43/h3-33H,2H2,1H3. The van der Waals surface area contributed by atoms with Crippen molar-refractivity contribution < 1.29 is 0 Å². The molecule has 0 N–H and O–H groups in total. The van der Waals surface area contributed by atoms with Gasteiger partial charge in [0.2, 0.25) is 0 Å². The zero-order chi connectivity index (χ0) is 33.4. The van der Waals surface area contributed by atoms with Crippen LogP contribution in [0.2, 0.25) is 0 Å². The summed E-state index contributed by atoms with van der Waals surface area (Å²) in [5, 5.41) is 5.15. The minimum Gasteiger partial charge on any atom is -0.341 e. The number of aryl methyl sites for hydroxylation is 1. The highest BCUT2D eigenvalue weighted by atomic mass is 15.1. The Morgan fingerprint density at radius 1 is 0.400 bits per heavy atom. The Balaban J connectivity index is 1.09. The van der Waals surface area contributed by atoms with E-state index in [1.807, 2.05) is 0 Å². The van der Waals surface area contributed by atoms with Crippen LogP contribution in [0.4, 0.5) is 17.1 Å². The molecule has 2 heteroatoms. The van der Waals surface area contributed by atoms with Crippen LogP contribution in [0.1, 0.15) is 6.92 Å². The van der Waals surface area contributed by atoms with Gasteiger partial charge in [0.1, 0.15) is 0 Å². The summed E-state index contributed by atoms with van der Waals surface area (Å²) in [6.07, 6.45) is 0. The molecule has 0 atom stereocenters. The number of nitrogens with zero attached hydrogens (tertiary/aromatic N) is 2. The second-order valence-corrected chi connectivity index (χ2v) is 12.8. The molecular weight excluding hydrogens is 605 g/mol. The van der Waals surface area contributed by atoms with Gasteiger partial charge >= 0.3 is 0 Å². The third kappa shape index (κ3) is 5.14. The van der Waals surface area contributed by atoms with E-state index < -0.39 is 0 Å². The molecule has 2 nitrogen and oxygen atoms in total. The van der Waals surface area contributed by atoms with Crippen molar-refractivity contribution in [3.8, 4) is 33.4 Å². The topological polar surface area (TPSA) is 8.17 Å². The van der Waals surface area contributed by atoms with Crippen molar-refractivity contribution in [1.82, 2.24) is 4.57 Å². The number of benzene rings is 8. The lowest BCUT2D eigenvalue weighted by Gasteiger charge is -2.26. The fourth-order valence-electron chi connectivity index (χ4n) is 7.64. The number of anilines is 3. The normalized spacial score (nSPS) is 11.4. The Labute approximate surface area is 293 Å². The first-order chi connectivity index (χ1) is 24.8. The quantitative estimate of drug-likeness (QED) is 0.168. The van der Waals surface area contributed by atoms with Crippen LogP contribution in [0.15, 0.2) is 188 Å². The van der Waals surface area contributed by atoms with E-state index in [-0.39, 0.29) is 0 Å². The average Bonchev–Trinajstić information content (AvgIpc) is 3.52. The number of rotatable bonds is 7. The first kappa shape index (κ1) is 29.7. The Hall–Kier alpha value is -6.38. The van der Waals surface area contributed by atoms with Gasteiger partial charge in [-0.25, -0.2) is 0 Å². The molecule has 0 saturated heterocycles. The van der Waals surface area contributed by atoms with Crippen LogP contribution in [-0.2, 0) is 6.54 Å². The molecule has 0 unspecified atom stereocenters. The first-order valence-electron chi connectivity index (χ1n) is 17.4. The summed E-state index contributed by atoms with van der Waals surface area (Å²) in [5.41, 5.74) is 13.3. The van der Waals surface area contributed by atoms with Crippen LogP contribution in [0, 0.1) is 0 Å². The molecule has 0 fully saturated rings. The number of para-hydroxylation sites is 2. The van der Waals surface area contributed by atoms with E-state index in [9.17, 15) is 0 Å². The predicted molar refractivity (Wildman–Crippen MR) is 214 cm³/mol. The molecule has 238 valence electrons. The van der Waals surface area contributed by atoms with Crippen molar-refractivity contribution in [2.75, 3.05) is 4.90 Å². The largest absolute Gasteiger partial charge is 0.341 e. The van der Waals surface area contributed by atoms with Crippen LogP contribution in [0.25, 0.3) is 66.0 Å². The third-order valence-corrected chi connectivity index (χ3v) is 9.99. The first-order valence-corrected chi connectivity index (χ1v) is 17.4. The van der Waals surface area contributed by atoms with Crippen molar-refractivity contribution in [2.45, 2.75) is 13.5 Å². The van der Waals surface area contributed by atoms with Crippen LogP contribution in [0.3, 0.4) is 0 Å². The Morgan fingerprint density at radius 2 is 0.960 bits per heavy atom. The molecular formula is C48H36N2. The maximum Gasteiger partial charge on any atom is 0.0497 e. The molecule has 0 aliphatic carbocycles. The zero-order valence-electron chi connectivity index (χ0n) is 28.0. The summed E-state index contributed by atoms with van der Waals surface area (Å²) < 4.78 is 2.42. The Kier molecular flexibility index (Phi) is 7.48. The zero-order valence-corrected chi connectivity index (χ0v) is 28.0. The molecule has 50 heavy (non-hydrogen) atoms. The Bertz CT molecular complexity index is 2610. The second kappa shape index (κ2) is 12.6. The second-order valence-electron chi connectivity index (χ2n) is 12.8. The fourth-order valence-corrected chi connectivity index (χ4v) is 7.64. The van der Waals surface area contributed by atoms with Gasteiger partial charge in [-0.05, 0) is 99.6 Å². The SMILES string of the molecule is CCn1c2ccccc2c2c(-c3cccc(N(c4ccccc4)c4ccc(-c5ccc(-c6cccc7ccccc67)cc5)cc4)c3)cccc21. The van der Waals surface area contributed by atoms with Crippen LogP contribution < -0.4 is 4.90 Å². The van der Waals surface area contributed by atoms with Crippen LogP contribution in [0.5, 0.6) is 0 Å². The van der Waals surface area contributed by atoms with E-state index in [1.54, 1.807) is 0 Å². The van der Waals surface area contributed by atoms with Gasteiger partial charge in [0.15, 0.2) is 0 Å². The third-order valence-electron chi connectivity index (χ3n) is 9.99. The van der Waals surface area contributed by atoms with Crippen molar-refractivity contribution in [3.05, 3.63) is 188 Å². The molecule has 1 heterocycles. The number of fused-ring (bicyclic) bond motifs is 4. The summed E-state index contributed by atoms with van der Waals surface area (Å²) in [7, 11) is 0. The molecule has 9 rings (SSSR count). The van der Waals surface area contributed by atoms with Crippen molar-refractivity contribution in [3.63, 3.8) is 0 Å². The monoisotopic (exact) mass is 640 g/mol. The highest BCUT2D eigenvalue weighted by molar-refractivity contribution is 6.15. The van der Waals surface area contributed by atoms with Crippen molar-refractivity contribution in [2.24, 2.45) is 0 Å². The minimum atomic E-state index is 0.930. The van der Waals surface area contributed by atoms with Gasteiger partial charge in [0.05, 0.1) is 0 Å². The lowest BCUT2D eigenvalue weighted by atomic mass is 9.96. The molecule has 0 radical (unpaired) electrons. The molecule has 1 aromatic heterocycles. The number of hydrogen-bond acceptors (Lipinski definition) is 1. The highest BCUT2D eigenvalue weighted by Gasteiger charge is 2.17. The van der Waals surface area contributed by atoms with E-state index in [1.165, 1.54) is 66.0 Å². The molecule has 9 aromatic rings. The summed E-state index contributed by atoms with van der Waals surface area (Å²) >= 11 is 0. The van der Waals surface area contributed by atoms with Crippen molar-refractivity contribution in [1.29, 1.82) is 0 Å². The van der Waals surface area contributed by atoms with E-state index >= 15 is 0 Å². The maximum atomic E-state index is 2.42. The van der Waals surface area contributed by atoms with E-state index in [0.717, 1.165) is 23.6 Å². The summed E-state index contributed by atoms with van der Waals surface area (Å²) in [6.45, 7) is 3.16. The molecule has 0 spiro atoms. The van der Waals surface area contributed by atoms with Gasteiger partial charge in [-0.3, -0.25) is 0 Å². The Morgan fingerprint density at radius 3 is 1.76 bits per heavy atom. The van der Waals surface area contributed by atoms with Gasteiger partial charge in [-0.15, -0.1) is 0 Å². The van der Waals surface area contributed by atoms with Gasteiger partial charge in [-0.2, -0.15) is 0 Å². The number of hydrogen-bond donors (Lipinski definition) is 0. The summed E-state index contributed by atoms with van der Waals surface area (Å²) in [5.74, 6) is 0. The predicted octanol–water partition coefficient (Wildman–Crippen LogP) is 13.4. The molecule has 0 amide bonds. The molecule has 0 bridgehead atoms. The van der Waals surface area contributed by atoms with E-state index in [2.05, 4.69) is 204 Å². The van der Waals surface area contributed by atoms with Gasteiger partial charge < -0.3 is 9.47 Å². The van der Waals surface area contributed by atoms with Gasteiger partial charge in [0.25, 0.3) is 0 Å². The number of aromatic nitrogens is 1. The maximum absolute atomic E-state index is 2.42. The molecule has 8 aromatic carbocycles. The fraction of sp³-hybridized carbons (Fsp3) is 0.0417. The van der Waals surface area contributed by atoms with Crippen LogP contribution in [-0.4, -0.2) is 4.57 Å². The molecule has 0 saturated carbocycles. The van der Waals surface area contributed by atoms with Gasteiger partial charge in [0, 0.05) is 45.4 Å². The van der Waals surface area contributed by atoms with E-state index in [0.29, 0.717) is 0 Å². The summed E-state index contributed by atoms with van der Waals surface area (Å²) in [4.78, 5) is 2.35. The highest BCUT2D eigenvalue weighted by Crippen LogP contribution is 2.41. The van der Waals surface area contributed by atoms with Crippen LogP contribution >= 0.6 is 0 Å².